The smallest absolute Gasteiger partial charge is 0.322 e. The van der Waals surface area contributed by atoms with Gasteiger partial charge < -0.3 is 20.2 Å². The predicted molar refractivity (Wildman–Crippen MR) is 85.8 cm³/mol. The van der Waals surface area contributed by atoms with Gasteiger partial charge in [0.15, 0.2) is 0 Å². The molecule has 2 rings (SSSR count). The standard InChI is InChI=1S/C16H25N3O2/c1-12(20)11-15-5-4-10-19(15)16(21)17-13-6-8-14(9-7-13)18(2)3/h6-9,12,15,20H,4-5,10-11H2,1-3H3,(H,17,21)/t12-,15+/m1/s1. The number of aliphatic hydroxyl groups excluding tert-OH is 1. The fourth-order valence-corrected chi connectivity index (χ4v) is 2.78. The summed E-state index contributed by atoms with van der Waals surface area (Å²) in [5.41, 5.74) is 1.90. The zero-order chi connectivity index (χ0) is 15.4. The number of hydrogen-bond acceptors (Lipinski definition) is 3. The number of likely N-dealkylation sites (tertiary alicyclic amines) is 1. The summed E-state index contributed by atoms with van der Waals surface area (Å²) in [6.45, 7) is 2.54. The highest BCUT2D eigenvalue weighted by Gasteiger charge is 2.29. The second kappa shape index (κ2) is 6.80. The van der Waals surface area contributed by atoms with Gasteiger partial charge in [-0.05, 0) is 50.5 Å². The first kappa shape index (κ1) is 15.6. The first-order valence-corrected chi connectivity index (χ1v) is 7.50. The minimum Gasteiger partial charge on any atom is -0.393 e. The molecule has 2 N–H and O–H groups in total. The van der Waals surface area contributed by atoms with Crippen LogP contribution >= 0.6 is 0 Å². The quantitative estimate of drug-likeness (QED) is 0.896. The molecule has 1 saturated heterocycles. The van der Waals surface area contributed by atoms with Crippen molar-refractivity contribution in [2.24, 2.45) is 0 Å². The van der Waals surface area contributed by atoms with Crippen molar-refractivity contribution in [2.75, 3.05) is 30.9 Å². The fraction of sp³-hybridized carbons (Fsp3) is 0.562. The van der Waals surface area contributed by atoms with E-state index in [-0.39, 0.29) is 18.2 Å². The highest BCUT2D eigenvalue weighted by atomic mass is 16.3. The molecule has 5 nitrogen and oxygen atoms in total. The Morgan fingerprint density at radius 2 is 2.10 bits per heavy atom. The van der Waals surface area contributed by atoms with E-state index in [1.165, 1.54) is 0 Å². The number of benzene rings is 1. The molecule has 1 fully saturated rings. The Labute approximate surface area is 126 Å². The summed E-state index contributed by atoms with van der Waals surface area (Å²) in [5.74, 6) is 0. The molecular formula is C16H25N3O2. The number of rotatable bonds is 4. The fourth-order valence-electron chi connectivity index (χ4n) is 2.78. The van der Waals surface area contributed by atoms with Gasteiger partial charge >= 0.3 is 6.03 Å². The maximum absolute atomic E-state index is 12.3. The van der Waals surface area contributed by atoms with Gasteiger partial charge in [-0.15, -0.1) is 0 Å². The number of anilines is 2. The third kappa shape index (κ3) is 4.11. The van der Waals surface area contributed by atoms with E-state index in [1.807, 2.05) is 48.2 Å². The van der Waals surface area contributed by atoms with Gasteiger partial charge in [0.25, 0.3) is 0 Å². The molecule has 1 heterocycles. The van der Waals surface area contributed by atoms with E-state index in [0.717, 1.165) is 30.8 Å². The summed E-state index contributed by atoms with van der Waals surface area (Å²) in [6, 6.07) is 7.85. The van der Waals surface area contributed by atoms with Gasteiger partial charge in [0.1, 0.15) is 0 Å². The molecule has 0 unspecified atom stereocenters. The van der Waals surface area contributed by atoms with Crippen LogP contribution in [0.2, 0.25) is 0 Å². The number of nitrogens with zero attached hydrogens (tertiary/aromatic N) is 2. The van der Waals surface area contributed by atoms with Gasteiger partial charge in [-0.2, -0.15) is 0 Å². The van der Waals surface area contributed by atoms with E-state index >= 15 is 0 Å². The van der Waals surface area contributed by atoms with Crippen LogP contribution in [-0.4, -0.2) is 48.8 Å². The molecule has 0 aromatic heterocycles. The minimum atomic E-state index is -0.372. The van der Waals surface area contributed by atoms with Crippen LogP contribution in [0.5, 0.6) is 0 Å². The Kier molecular flexibility index (Phi) is 5.07. The maximum atomic E-state index is 12.3. The molecule has 0 bridgehead atoms. The van der Waals surface area contributed by atoms with Crippen LogP contribution in [0.25, 0.3) is 0 Å². The normalized spacial score (nSPS) is 19.4. The molecule has 0 aliphatic carbocycles. The van der Waals surface area contributed by atoms with Gasteiger partial charge in [0, 0.05) is 38.1 Å². The molecule has 0 saturated carbocycles. The number of carbonyl (C=O) groups is 1. The first-order chi connectivity index (χ1) is 9.97. The van der Waals surface area contributed by atoms with Gasteiger partial charge in [-0.3, -0.25) is 0 Å². The van der Waals surface area contributed by atoms with Crippen molar-refractivity contribution in [3.63, 3.8) is 0 Å². The van der Waals surface area contributed by atoms with Crippen molar-refractivity contribution in [3.8, 4) is 0 Å². The van der Waals surface area contributed by atoms with Crippen molar-refractivity contribution in [1.29, 1.82) is 0 Å². The van der Waals surface area contributed by atoms with Crippen LogP contribution < -0.4 is 10.2 Å². The molecule has 21 heavy (non-hydrogen) atoms. The first-order valence-electron chi connectivity index (χ1n) is 7.50. The van der Waals surface area contributed by atoms with E-state index in [9.17, 15) is 9.90 Å². The SMILES string of the molecule is C[C@@H](O)C[C@@H]1CCCN1C(=O)Nc1ccc(N(C)C)cc1. The number of aliphatic hydroxyl groups is 1. The number of nitrogens with one attached hydrogen (secondary N) is 1. The molecule has 1 aliphatic heterocycles. The van der Waals surface area contributed by atoms with Gasteiger partial charge in [0.05, 0.1) is 6.10 Å². The maximum Gasteiger partial charge on any atom is 0.322 e. The van der Waals surface area contributed by atoms with E-state index in [0.29, 0.717) is 6.42 Å². The molecule has 116 valence electrons. The Hall–Kier alpha value is -1.75. The summed E-state index contributed by atoms with van der Waals surface area (Å²) in [5, 5.41) is 12.5. The largest absolute Gasteiger partial charge is 0.393 e. The lowest BCUT2D eigenvalue weighted by Gasteiger charge is -2.26. The third-order valence-corrected chi connectivity index (χ3v) is 3.89. The molecule has 5 heteroatoms. The number of amides is 2. The molecule has 0 radical (unpaired) electrons. The Bertz CT molecular complexity index is 471. The second-order valence-corrected chi connectivity index (χ2v) is 5.95. The zero-order valence-electron chi connectivity index (χ0n) is 13.0. The average molecular weight is 291 g/mol. The van der Waals surface area contributed by atoms with Crippen LogP contribution in [0.3, 0.4) is 0 Å². The predicted octanol–water partition coefficient (Wildman–Crippen LogP) is 2.52. The lowest BCUT2D eigenvalue weighted by Crippen LogP contribution is -2.40. The molecule has 2 atom stereocenters. The van der Waals surface area contributed by atoms with Crippen molar-refractivity contribution in [2.45, 2.75) is 38.3 Å². The lowest BCUT2D eigenvalue weighted by molar-refractivity contribution is 0.142. The van der Waals surface area contributed by atoms with E-state index < -0.39 is 0 Å². The van der Waals surface area contributed by atoms with Crippen molar-refractivity contribution >= 4 is 17.4 Å². The van der Waals surface area contributed by atoms with E-state index in [2.05, 4.69) is 5.32 Å². The van der Waals surface area contributed by atoms with Crippen molar-refractivity contribution in [1.82, 2.24) is 4.90 Å². The van der Waals surface area contributed by atoms with Crippen molar-refractivity contribution in [3.05, 3.63) is 24.3 Å². The molecule has 1 aromatic rings. The van der Waals surface area contributed by atoms with Gasteiger partial charge in [-0.1, -0.05) is 0 Å². The molecule has 1 aliphatic rings. The van der Waals surface area contributed by atoms with E-state index in [1.54, 1.807) is 6.92 Å². The van der Waals surface area contributed by atoms with Gasteiger partial charge in [0.2, 0.25) is 0 Å². The number of carbonyl (C=O) groups excluding carboxylic acids is 1. The highest BCUT2D eigenvalue weighted by Crippen LogP contribution is 2.23. The van der Waals surface area contributed by atoms with Crippen LogP contribution in [0, 0.1) is 0 Å². The third-order valence-electron chi connectivity index (χ3n) is 3.89. The number of hydrogen-bond donors (Lipinski definition) is 2. The minimum absolute atomic E-state index is 0.0734. The summed E-state index contributed by atoms with van der Waals surface area (Å²) in [7, 11) is 3.97. The Balaban J connectivity index is 1.97. The monoisotopic (exact) mass is 291 g/mol. The van der Waals surface area contributed by atoms with Crippen LogP contribution in [-0.2, 0) is 0 Å². The van der Waals surface area contributed by atoms with Crippen LogP contribution in [0.15, 0.2) is 24.3 Å². The Morgan fingerprint density at radius 1 is 1.43 bits per heavy atom. The topological polar surface area (TPSA) is 55.8 Å². The summed E-state index contributed by atoms with van der Waals surface area (Å²) in [4.78, 5) is 16.2. The molecule has 2 amide bonds. The van der Waals surface area contributed by atoms with Crippen LogP contribution in [0.4, 0.5) is 16.2 Å². The highest BCUT2D eigenvalue weighted by molar-refractivity contribution is 5.89. The van der Waals surface area contributed by atoms with Crippen molar-refractivity contribution < 1.29 is 9.90 Å². The summed E-state index contributed by atoms with van der Waals surface area (Å²) < 4.78 is 0. The second-order valence-electron chi connectivity index (χ2n) is 5.95. The summed E-state index contributed by atoms with van der Waals surface area (Å²) in [6.07, 6.45) is 2.25. The zero-order valence-corrected chi connectivity index (χ0v) is 13.0. The molecular weight excluding hydrogens is 266 g/mol. The summed E-state index contributed by atoms with van der Waals surface area (Å²) >= 11 is 0. The number of urea groups is 1. The molecule has 0 spiro atoms. The Morgan fingerprint density at radius 3 is 2.67 bits per heavy atom. The van der Waals surface area contributed by atoms with E-state index in [4.69, 9.17) is 0 Å². The lowest BCUT2D eigenvalue weighted by atomic mass is 10.1. The van der Waals surface area contributed by atoms with Gasteiger partial charge in [-0.25, -0.2) is 4.79 Å². The molecule has 1 aromatic carbocycles. The average Bonchev–Trinajstić information content (AvgIpc) is 2.86. The van der Waals surface area contributed by atoms with Crippen LogP contribution in [0.1, 0.15) is 26.2 Å².